The normalized spacial score (nSPS) is 17.8. The highest BCUT2D eigenvalue weighted by Crippen LogP contribution is 2.38. The Hall–Kier alpha value is -2.42. The molecule has 4 rings (SSSR count). The molecule has 20 heavy (non-hydrogen) atoms. The van der Waals surface area contributed by atoms with Crippen molar-refractivity contribution in [2.45, 2.75) is 6.92 Å². The van der Waals surface area contributed by atoms with Crippen LogP contribution in [-0.4, -0.2) is 11.9 Å². The van der Waals surface area contributed by atoms with Gasteiger partial charge in [-0.05, 0) is 18.6 Å². The average molecular weight is 266 g/mol. The Balaban J connectivity index is 1.87. The van der Waals surface area contributed by atoms with Gasteiger partial charge in [-0.2, -0.15) is 0 Å². The van der Waals surface area contributed by atoms with E-state index in [0.717, 1.165) is 33.2 Å². The van der Waals surface area contributed by atoms with E-state index in [1.54, 1.807) is 24.0 Å². The van der Waals surface area contributed by atoms with Crippen LogP contribution < -0.4 is 4.90 Å². The van der Waals surface area contributed by atoms with Crippen LogP contribution in [0.4, 0.5) is 5.69 Å². The molecule has 0 aliphatic carbocycles. The summed E-state index contributed by atoms with van der Waals surface area (Å²) >= 11 is 0. The molecule has 0 fully saturated rings. The molecule has 0 saturated carbocycles. The Bertz CT molecular complexity index is 927. The summed E-state index contributed by atoms with van der Waals surface area (Å²) in [6.45, 7) is 1.37. The first-order valence-corrected chi connectivity index (χ1v) is 6.46. The first-order chi connectivity index (χ1) is 10.9. The van der Waals surface area contributed by atoms with E-state index in [9.17, 15) is 0 Å². The van der Waals surface area contributed by atoms with Gasteiger partial charge in [0.1, 0.15) is 12.3 Å². The van der Waals surface area contributed by atoms with Gasteiger partial charge in [-0.15, -0.1) is 0 Å². The molecule has 1 aliphatic heterocycles. The third-order valence-electron chi connectivity index (χ3n) is 3.62. The van der Waals surface area contributed by atoms with Gasteiger partial charge in [0, 0.05) is 34.3 Å². The van der Waals surface area contributed by atoms with E-state index in [0.29, 0.717) is 0 Å². The molecule has 0 saturated heterocycles. The number of anilines is 1. The molecule has 1 aliphatic rings. The second-order valence-electron chi connectivity index (χ2n) is 4.93. The number of rotatable bonds is 1. The topological polar surface area (TPSA) is 19.6 Å². The van der Waals surface area contributed by atoms with Crippen molar-refractivity contribution in [3.05, 3.63) is 61.0 Å². The van der Waals surface area contributed by atoms with Gasteiger partial charge < -0.3 is 14.2 Å². The van der Waals surface area contributed by atoms with E-state index in [1.165, 1.54) is 4.90 Å². The quantitative estimate of drug-likeness (QED) is 0.657. The largest absolute Gasteiger partial charge is 0.454 e. The molecule has 3 aromatic rings. The number of furan rings is 1. The molecule has 2 aromatic carbocycles. The van der Waals surface area contributed by atoms with Crippen LogP contribution in [0.25, 0.3) is 21.9 Å². The highest BCUT2D eigenvalue weighted by molar-refractivity contribution is 6.09. The third kappa shape index (κ3) is 1.53. The SMILES string of the molecule is [2H]C([2H])([2H])N1[CH]N(c2c(C)ccc3c2oc2ccccc23)C=C1. The molecule has 3 nitrogen and oxygen atoms in total. The van der Waals surface area contributed by atoms with Gasteiger partial charge in [-0.1, -0.05) is 30.3 Å². The lowest BCUT2D eigenvalue weighted by Crippen LogP contribution is -2.16. The second-order valence-corrected chi connectivity index (χ2v) is 4.93. The van der Waals surface area contributed by atoms with E-state index >= 15 is 0 Å². The van der Waals surface area contributed by atoms with E-state index in [2.05, 4.69) is 0 Å². The van der Waals surface area contributed by atoms with Crippen molar-refractivity contribution in [1.29, 1.82) is 0 Å². The Morgan fingerprint density at radius 2 is 1.95 bits per heavy atom. The number of hydrogen-bond acceptors (Lipinski definition) is 3. The van der Waals surface area contributed by atoms with Crippen molar-refractivity contribution in [3.63, 3.8) is 0 Å². The molecule has 1 radical (unpaired) electrons. The minimum Gasteiger partial charge on any atom is -0.454 e. The standard InChI is InChI=1S/C17H15N2O/c1-12-7-8-14-13-5-3-4-6-15(13)20-17(14)16(12)19-10-9-18(2)11-19/h3-11H,1-2H3/i2D3. The maximum Gasteiger partial charge on any atom is 0.159 e. The summed E-state index contributed by atoms with van der Waals surface area (Å²) in [5, 5.41) is 2.08. The summed E-state index contributed by atoms with van der Waals surface area (Å²) in [6.07, 6.45) is 3.29. The summed E-state index contributed by atoms with van der Waals surface area (Å²) in [6, 6.07) is 12.0. The van der Waals surface area contributed by atoms with E-state index in [-0.39, 0.29) is 0 Å². The van der Waals surface area contributed by atoms with Crippen LogP contribution in [0, 0.1) is 13.6 Å². The van der Waals surface area contributed by atoms with Gasteiger partial charge in [0.05, 0.1) is 5.69 Å². The zero-order chi connectivity index (χ0) is 16.2. The molecular weight excluding hydrogens is 248 g/mol. The Morgan fingerprint density at radius 3 is 2.80 bits per heavy atom. The molecule has 0 unspecified atom stereocenters. The van der Waals surface area contributed by atoms with Crippen LogP contribution in [0.3, 0.4) is 0 Å². The van der Waals surface area contributed by atoms with Crippen molar-refractivity contribution in [2.24, 2.45) is 0 Å². The summed E-state index contributed by atoms with van der Waals surface area (Å²) in [4.78, 5) is 3.01. The summed E-state index contributed by atoms with van der Waals surface area (Å²) < 4.78 is 28.6. The fourth-order valence-corrected chi connectivity index (χ4v) is 2.68. The monoisotopic (exact) mass is 266 g/mol. The van der Waals surface area contributed by atoms with Crippen LogP contribution in [0.2, 0.25) is 0 Å². The summed E-state index contributed by atoms with van der Waals surface area (Å²) in [5.74, 6) is 0. The molecule has 0 N–H and O–H groups in total. The maximum atomic E-state index is 7.51. The van der Waals surface area contributed by atoms with Crippen molar-refractivity contribution in [3.8, 4) is 0 Å². The minimum absolute atomic E-state index is 0.763. The molecule has 0 amide bonds. The summed E-state index contributed by atoms with van der Waals surface area (Å²) in [5.41, 5.74) is 3.47. The Kier molecular flexibility index (Phi) is 1.75. The lowest BCUT2D eigenvalue weighted by atomic mass is 10.1. The fraction of sp³-hybridized carbons (Fsp3) is 0.118. The van der Waals surface area contributed by atoms with Crippen LogP contribution in [-0.2, 0) is 0 Å². The predicted octanol–water partition coefficient (Wildman–Crippen LogP) is 4.24. The van der Waals surface area contributed by atoms with Gasteiger partial charge >= 0.3 is 0 Å². The Morgan fingerprint density at radius 1 is 1.05 bits per heavy atom. The van der Waals surface area contributed by atoms with Crippen LogP contribution >= 0.6 is 0 Å². The van der Waals surface area contributed by atoms with Gasteiger partial charge in [0.15, 0.2) is 5.58 Å². The molecule has 0 atom stereocenters. The molecule has 0 bridgehead atoms. The lowest BCUT2D eigenvalue weighted by molar-refractivity contribution is 0.573. The van der Waals surface area contributed by atoms with Gasteiger partial charge in [-0.3, -0.25) is 0 Å². The molecule has 2 heterocycles. The van der Waals surface area contributed by atoms with Crippen molar-refractivity contribution in [2.75, 3.05) is 11.9 Å². The predicted molar refractivity (Wildman–Crippen MR) is 82.1 cm³/mol. The van der Waals surface area contributed by atoms with Gasteiger partial charge in [0.2, 0.25) is 0 Å². The Labute approximate surface area is 121 Å². The first-order valence-electron chi connectivity index (χ1n) is 7.96. The van der Waals surface area contributed by atoms with E-state index in [1.807, 2.05) is 43.3 Å². The number of aryl methyl sites for hydroxylation is 1. The molecule has 99 valence electrons. The smallest absolute Gasteiger partial charge is 0.159 e. The third-order valence-corrected chi connectivity index (χ3v) is 3.62. The number of nitrogens with zero attached hydrogens (tertiary/aromatic N) is 2. The van der Waals surface area contributed by atoms with E-state index < -0.39 is 6.98 Å². The number of benzene rings is 2. The number of para-hydroxylation sites is 1. The van der Waals surface area contributed by atoms with Crippen molar-refractivity contribution in [1.82, 2.24) is 4.90 Å². The fourth-order valence-electron chi connectivity index (χ4n) is 2.68. The second kappa shape index (κ2) is 4.04. The number of hydrogen-bond donors (Lipinski definition) is 0. The van der Waals surface area contributed by atoms with Gasteiger partial charge in [-0.25, -0.2) is 0 Å². The van der Waals surface area contributed by atoms with E-state index in [4.69, 9.17) is 8.53 Å². The molecular formula is C17H15N2O. The van der Waals surface area contributed by atoms with Crippen LogP contribution in [0.1, 0.15) is 9.68 Å². The van der Waals surface area contributed by atoms with Crippen LogP contribution in [0.5, 0.6) is 0 Å². The molecule has 3 heteroatoms. The van der Waals surface area contributed by atoms with Crippen molar-refractivity contribution < 1.29 is 8.53 Å². The van der Waals surface area contributed by atoms with Gasteiger partial charge in [0.25, 0.3) is 0 Å². The van der Waals surface area contributed by atoms with Crippen LogP contribution in [0.15, 0.2) is 53.2 Å². The lowest BCUT2D eigenvalue weighted by Gasteiger charge is -2.19. The first kappa shape index (κ1) is 8.69. The molecule has 0 spiro atoms. The summed E-state index contributed by atoms with van der Waals surface area (Å²) in [7, 11) is 0. The highest BCUT2D eigenvalue weighted by atomic mass is 16.3. The zero-order valence-corrected chi connectivity index (χ0v) is 11.0. The number of fused-ring (bicyclic) bond motifs is 3. The highest BCUT2D eigenvalue weighted by Gasteiger charge is 2.20. The molecule has 1 aromatic heterocycles. The minimum atomic E-state index is -2.19. The van der Waals surface area contributed by atoms with Crippen molar-refractivity contribution >= 4 is 27.6 Å². The average Bonchev–Trinajstić information content (AvgIpc) is 3.10. The zero-order valence-electron chi connectivity index (χ0n) is 14.0. The maximum absolute atomic E-state index is 7.51.